The van der Waals surface area contributed by atoms with E-state index in [0.717, 1.165) is 49.9 Å². The lowest BCUT2D eigenvalue weighted by molar-refractivity contribution is 0.676. The number of hydrogen-bond donors (Lipinski definition) is 0. The number of aryl methyl sites for hydroxylation is 2. The first-order valence-electron chi connectivity index (χ1n) is 19.5. The molecule has 4 heteroatoms. The predicted octanol–water partition coefficient (Wildman–Crippen LogP) is 12.3. The Morgan fingerprint density at radius 1 is 0.370 bits per heavy atom. The highest BCUT2D eigenvalue weighted by atomic mass is 15.1. The van der Waals surface area contributed by atoms with Gasteiger partial charge in [0.05, 0.1) is 23.8 Å². The summed E-state index contributed by atoms with van der Waals surface area (Å²) in [5, 5.41) is 29.1. The summed E-state index contributed by atoms with van der Waals surface area (Å²) in [4.78, 5) is 0. The van der Waals surface area contributed by atoms with Gasteiger partial charge in [0.15, 0.2) is 0 Å². The molecule has 2 aliphatic carbocycles. The third-order valence-electron chi connectivity index (χ3n) is 12.1. The smallest absolute Gasteiger partial charge is 0.0976 e. The molecule has 0 radical (unpaired) electrons. The van der Waals surface area contributed by atoms with Gasteiger partial charge in [-0.1, -0.05) is 109 Å². The first-order valence-corrected chi connectivity index (χ1v) is 19.5. The molecule has 0 unspecified atom stereocenters. The zero-order valence-corrected chi connectivity index (χ0v) is 30.1. The minimum Gasteiger partial charge on any atom is -0.158 e. The Balaban J connectivity index is 1.30. The molecule has 54 heavy (non-hydrogen) atoms. The van der Waals surface area contributed by atoms with Crippen LogP contribution in [0.25, 0.3) is 87.9 Å². The van der Waals surface area contributed by atoms with E-state index in [0.29, 0.717) is 0 Å². The van der Waals surface area contributed by atoms with Gasteiger partial charge in [0.1, 0.15) is 0 Å². The van der Waals surface area contributed by atoms with Crippen molar-refractivity contribution in [1.82, 2.24) is 20.4 Å². The van der Waals surface area contributed by atoms with Gasteiger partial charge in [0.25, 0.3) is 0 Å². The van der Waals surface area contributed by atoms with Gasteiger partial charge in [-0.3, -0.25) is 0 Å². The molecule has 7 aromatic carbocycles. The van der Waals surface area contributed by atoms with Gasteiger partial charge < -0.3 is 0 Å². The number of nitrogens with zero attached hydrogens (tertiary/aromatic N) is 4. The van der Waals surface area contributed by atoms with E-state index in [-0.39, 0.29) is 0 Å². The van der Waals surface area contributed by atoms with Crippen molar-refractivity contribution in [3.05, 3.63) is 156 Å². The summed E-state index contributed by atoms with van der Waals surface area (Å²) >= 11 is 0. The van der Waals surface area contributed by atoms with E-state index in [1.54, 1.807) is 0 Å². The van der Waals surface area contributed by atoms with E-state index in [9.17, 15) is 0 Å². The van der Waals surface area contributed by atoms with Gasteiger partial charge in [-0.2, -0.15) is 20.4 Å². The Labute approximate surface area is 314 Å². The molecule has 4 nitrogen and oxygen atoms in total. The lowest BCUT2D eigenvalue weighted by atomic mass is 9.81. The molecular weight excluding hydrogens is 657 g/mol. The number of benzene rings is 7. The largest absolute Gasteiger partial charge is 0.158 e. The normalized spacial score (nSPS) is 14.1. The van der Waals surface area contributed by atoms with Crippen LogP contribution in [0.15, 0.2) is 134 Å². The second kappa shape index (κ2) is 12.7. The van der Waals surface area contributed by atoms with Crippen LogP contribution in [0.1, 0.15) is 47.9 Å². The van der Waals surface area contributed by atoms with E-state index >= 15 is 0 Å². The fourth-order valence-electron chi connectivity index (χ4n) is 9.55. The summed E-state index contributed by atoms with van der Waals surface area (Å²) in [6.45, 7) is 0. The summed E-state index contributed by atoms with van der Waals surface area (Å²) in [7, 11) is 0. The molecule has 2 aromatic heterocycles. The zero-order chi connectivity index (χ0) is 35.6. The van der Waals surface area contributed by atoms with Crippen LogP contribution in [0.4, 0.5) is 0 Å². The molecule has 0 atom stereocenters. The number of aromatic nitrogens is 4. The molecule has 2 heterocycles. The Kier molecular flexibility index (Phi) is 7.36. The average Bonchev–Trinajstić information content (AvgIpc) is 3.24. The molecule has 0 bridgehead atoms. The van der Waals surface area contributed by atoms with Crippen LogP contribution in [-0.4, -0.2) is 20.4 Å². The Morgan fingerprint density at radius 2 is 0.815 bits per heavy atom. The minimum atomic E-state index is 1.01. The van der Waals surface area contributed by atoms with Crippen molar-refractivity contribution in [3.8, 4) is 44.8 Å². The first kappa shape index (κ1) is 31.3. The number of rotatable bonds is 4. The zero-order valence-electron chi connectivity index (χ0n) is 30.1. The van der Waals surface area contributed by atoms with Crippen molar-refractivity contribution in [2.75, 3.05) is 0 Å². The monoisotopic (exact) mass is 694 g/mol. The maximum absolute atomic E-state index is 5.03. The molecule has 0 amide bonds. The maximum atomic E-state index is 5.03. The maximum Gasteiger partial charge on any atom is 0.0976 e. The van der Waals surface area contributed by atoms with Crippen LogP contribution < -0.4 is 0 Å². The number of hydrogen-bond acceptors (Lipinski definition) is 4. The fraction of sp³-hybridized carbons (Fsp3) is 0.160. The second-order valence-electron chi connectivity index (χ2n) is 15.1. The third kappa shape index (κ3) is 4.97. The fourth-order valence-corrected chi connectivity index (χ4v) is 9.55. The second-order valence-corrected chi connectivity index (χ2v) is 15.1. The molecule has 0 saturated heterocycles. The van der Waals surface area contributed by atoms with E-state index in [1.165, 1.54) is 112 Å². The van der Waals surface area contributed by atoms with Gasteiger partial charge >= 0.3 is 0 Å². The molecule has 0 aliphatic heterocycles. The highest BCUT2D eigenvalue weighted by Gasteiger charge is 2.26. The van der Waals surface area contributed by atoms with Crippen LogP contribution in [0, 0.1) is 0 Å². The van der Waals surface area contributed by atoms with Crippen molar-refractivity contribution in [2.24, 2.45) is 0 Å². The van der Waals surface area contributed by atoms with Gasteiger partial charge in [-0.05, 0) is 151 Å². The van der Waals surface area contributed by atoms with Gasteiger partial charge in [-0.25, -0.2) is 0 Å². The standard InChI is InChI=1S/C50H38N4/c1-5-17-37-31(11-1)15-9-21-39(37)33-23-25-43-45(27-33)47(49-41-19-7-3-13-35(41)29-51-53-49)44-26-24-34(40-22-10-16-32-12-2-6-18-38(32)40)28-46(44)48(43)50-42-20-8-4-14-36(42)30-52-54-50/h1-2,5-6,9-12,15-18,21-30H,3-4,7-8,13-14,19-20H2. The molecule has 0 spiro atoms. The molecule has 0 N–H and O–H groups in total. The summed E-state index contributed by atoms with van der Waals surface area (Å²) < 4.78 is 0. The molecule has 9 aromatic rings. The minimum absolute atomic E-state index is 1.01. The van der Waals surface area contributed by atoms with E-state index in [4.69, 9.17) is 10.2 Å². The highest BCUT2D eigenvalue weighted by Crippen LogP contribution is 2.48. The highest BCUT2D eigenvalue weighted by molar-refractivity contribution is 6.23. The molecule has 258 valence electrons. The summed E-state index contributed by atoms with van der Waals surface area (Å²) in [5.41, 5.74) is 14.6. The van der Waals surface area contributed by atoms with Crippen LogP contribution in [0.5, 0.6) is 0 Å². The average molecular weight is 695 g/mol. The lowest BCUT2D eigenvalue weighted by Crippen LogP contribution is -2.09. The third-order valence-corrected chi connectivity index (χ3v) is 12.1. The van der Waals surface area contributed by atoms with Gasteiger partial charge in [-0.15, -0.1) is 0 Å². The summed E-state index contributed by atoms with van der Waals surface area (Å²) in [6.07, 6.45) is 12.8. The topological polar surface area (TPSA) is 51.6 Å². The Bertz CT molecular complexity index is 2750. The lowest BCUT2D eigenvalue weighted by Gasteiger charge is -2.24. The van der Waals surface area contributed by atoms with Crippen molar-refractivity contribution in [2.45, 2.75) is 51.4 Å². The van der Waals surface area contributed by atoms with Crippen LogP contribution >= 0.6 is 0 Å². The number of fused-ring (bicyclic) bond motifs is 6. The van der Waals surface area contributed by atoms with E-state index in [2.05, 4.69) is 132 Å². The molecule has 0 saturated carbocycles. The first-order chi connectivity index (χ1) is 26.8. The molecule has 2 aliphatic rings. The van der Waals surface area contributed by atoms with Crippen molar-refractivity contribution in [3.63, 3.8) is 0 Å². The van der Waals surface area contributed by atoms with Crippen molar-refractivity contribution >= 4 is 43.1 Å². The SMILES string of the molecule is c1ccc2c(-c3ccc4c(-c5nncc6c5CCCC6)c5cc(-c6cccc7ccccc67)ccc5c(-c5nncc6c5CCCC6)c4c3)cccc2c1. The van der Waals surface area contributed by atoms with Crippen LogP contribution in [0.2, 0.25) is 0 Å². The van der Waals surface area contributed by atoms with Crippen LogP contribution in [0.3, 0.4) is 0 Å². The molecule has 0 fully saturated rings. The molecular formula is C50H38N4. The quantitative estimate of drug-likeness (QED) is 0.172. The van der Waals surface area contributed by atoms with Crippen molar-refractivity contribution < 1.29 is 0 Å². The van der Waals surface area contributed by atoms with Gasteiger partial charge in [0.2, 0.25) is 0 Å². The molecule has 11 rings (SSSR count). The Hall–Kier alpha value is -6.26. The summed E-state index contributed by atoms with van der Waals surface area (Å²) in [5.74, 6) is 0. The van der Waals surface area contributed by atoms with Crippen molar-refractivity contribution in [1.29, 1.82) is 0 Å². The van der Waals surface area contributed by atoms with Crippen LogP contribution in [-0.2, 0) is 25.7 Å². The van der Waals surface area contributed by atoms with Gasteiger partial charge in [0, 0.05) is 11.1 Å². The van der Waals surface area contributed by atoms with E-state index < -0.39 is 0 Å². The predicted molar refractivity (Wildman–Crippen MR) is 223 cm³/mol. The summed E-state index contributed by atoms with van der Waals surface area (Å²) in [6, 6.07) is 44.8. The Morgan fingerprint density at radius 3 is 1.31 bits per heavy atom. The van der Waals surface area contributed by atoms with E-state index in [1.807, 2.05) is 12.4 Å².